The van der Waals surface area contributed by atoms with E-state index in [1.807, 2.05) is 4.68 Å². The number of nitrogens with one attached hydrogen (secondary N) is 2. The molecule has 0 aliphatic rings. The van der Waals surface area contributed by atoms with Crippen molar-refractivity contribution in [3.8, 4) is 11.1 Å². The third kappa shape index (κ3) is 6.17. The Bertz CT molecular complexity index is 884. The minimum Gasteiger partial charge on any atom is -0.357 e. The molecule has 3 rings (SSSR count). The zero-order chi connectivity index (χ0) is 20.3. The molecular formula is C23H30N6. The Kier molecular flexibility index (Phi) is 7.81. The molecule has 3 aromatic rings. The van der Waals surface area contributed by atoms with Crippen LogP contribution in [0.25, 0.3) is 11.1 Å². The molecule has 0 radical (unpaired) electrons. The Labute approximate surface area is 173 Å². The molecule has 0 amide bonds. The van der Waals surface area contributed by atoms with Crippen LogP contribution in [0.5, 0.6) is 0 Å². The van der Waals surface area contributed by atoms with Crippen molar-refractivity contribution in [1.82, 2.24) is 25.4 Å². The van der Waals surface area contributed by atoms with Gasteiger partial charge in [0.2, 0.25) is 0 Å². The van der Waals surface area contributed by atoms with E-state index >= 15 is 0 Å². The molecule has 1 heterocycles. The first-order valence-corrected chi connectivity index (χ1v) is 10.3. The standard InChI is InChI=1S/C23H30N6/c1-3-5-14-26-23(25-4-2)27-15-21-8-6-7-9-22(21)20-12-10-19(11-13-20)16-29-18-24-17-28-29/h6-13,17-18H,3-5,14-16H2,1-2H3,(H2,25,26,27). The van der Waals surface area contributed by atoms with Gasteiger partial charge in [-0.05, 0) is 35.6 Å². The fourth-order valence-electron chi connectivity index (χ4n) is 3.12. The highest BCUT2D eigenvalue weighted by atomic mass is 15.3. The Morgan fingerprint density at radius 3 is 2.59 bits per heavy atom. The lowest BCUT2D eigenvalue weighted by molar-refractivity contribution is 0.685. The number of guanidine groups is 1. The van der Waals surface area contributed by atoms with Crippen LogP contribution in [-0.2, 0) is 13.1 Å². The van der Waals surface area contributed by atoms with E-state index < -0.39 is 0 Å². The monoisotopic (exact) mass is 390 g/mol. The average Bonchev–Trinajstić information content (AvgIpc) is 3.26. The highest BCUT2D eigenvalue weighted by Gasteiger charge is 2.06. The molecule has 29 heavy (non-hydrogen) atoms. The number of benzene rings is 2. The summed E-state index contributed by atoms with van der Waals surface area (Å²) in [6.07, 6.45) is 5.60. The number of hydrogen-bond donors (Lipinski definition) is 2. The molecule has 0 saturated heterocycles. The lowest BCUT2D eigenvalue weighted by Gasteiger charge is -2.12. The number of unbranched alkanes of at least 4 members (excludes halogenated alkanes) is 1. The van der Waals surface area contributed by atoms with Crippen molar-refractivity contribution in [2.75, 3.05) is 13.1 Å². The molecule has 0 bridgehead atoms. The second kappa shape index (κ2) is 11.0. The van der Waals surface area contributed by atoms with Gasteiger partial charge in [-0.2, -0.15) is 5.10 Å². The van der Waals surface area contributed by atoms with Crippen LogP contribution in [0.2, 0.25) is 0 Å². The molecule has 0 spiro atoms. The van der Waals surface area contributed by atoms with Crippen LogP contribution in [0.15, 0.2) is 66.2 Å². The molecule has 6 nitrogen and oxygen atoms in total. The molecule has 2 N–H and O–H groups in total. The lowest BCUT2D eigenvalue weighted by Crippen LogP contribution is -2.37. The second-order valence-electron chi connectivity index (χ2n) is 6.92. The quantitative estimate of drug-likeness (QED) is 0.331. The van der Waals surface area contributed by atoms with Crippen molar-refractivity contribution < 1.29 is 0 Å². The zero-order valence-electron chi connectivity index (χ0n) is 17.3. The van der Waals surface area contributed by atoms with Crippen LogP contribution < -0.4 is 10.6 Å². The van der Waals surface area contributed by atoms with Gasteiger partial charge in [0, 0.05) is 13.1 Å². The summed E-state index contributed by atoms with van der Waals surface area (Å²) in [7, 11) is 0. The van der Waals surface area contributed by atoms with Crippen LogP contribution in [0.3, 0.4) is 0 Å². The minimum absolute atomic E-state index is 0.637. The minimum atomic E-state index is 0.637. The summed E-state index contributed by atoms with van der Waals surface area (Å²) in [5.74, 6) is 0.874. The van der Waals surface area contributed by atoms with Gasteiger partial charge in [0.05, 0.1) is 13.1 Å². The SMILES string of the molecule is CCCCNC(=NCc1ccccc1-c1ccc(Cn2cncn2)cc1)NCC. The van der Waals surface area contributed by atoms with Gasteiger partial charge in [-0.25, -0.2) is 14.7 Å². The fourth-order valence-corrected chi connectivity index (χ4v) is 3.12. The molecular weight excluding hydrogens is 360 g/mol. The first-order chi connectivity index (χ1) is 14.3. The Morgan fingerprint density at radius 1 is 1.03 bits per heavy atom. The normalized spacial score (nSPS) is 11.4. The van der Waals surface area contributed by atoms with Gasteiger partial charge in [-0.15, -0.1) is 0 Å². The number of aromatic nitrogens is 3. The first-order valence-electron chi connectivity index (χ1n) is 10.3. The van der Waals surface area contributed by atoms with Gasteiger partial charge in [0.25, 0.3) is 0 Å². The summed E-state index contributed by atoms with van der Waals surface area (Å²) in [6, 6.07) is 17.1. The van der Waals surface area contributed by atoms with Crippen molar-refractivity contribution >= 4 is 5.96 Å². The highest BCUT2D eigenvalue weighted by molar-refractivity contribution is 5.80. The van der Waals surface area contributed by atoms with Crippen LogP contribution >= 0.6 is 0 Å². The molecule has 152 valence electrons. The lowest BCUT2D eigenvalue weighted by atomic mass is 9.98. The van der Waals surface area contributed by atoms with E-state index in [4.69, 9.17) is 4.99 Å². The Balaban J connectivity index is 1.73. The van der Waals surface area contributed by atoms with E-state index in [0.717, 1.165) is 32.0 Å². The van der Waals surface area contributed by atoms with E-state index in [0.29, 0.717) is 6.54 Å². The summed E-state index contributed by atoms with van der Waals surface area (Å²) in [4.78, 5) is 8.78. The van der Waals surface area contributed by atoms with E-state index in [-0.39, 0.29) is 0 Å². The van der Waals surface area contributed by atoms with Crippen LogP contribution in [0.1, 0.15) is 37.8 Å². The molecule has 0 unspecified atom stereocenters. The highest BCUT2D eigenvalue weighted by Crippen LogP contribution is 2.25. The average molecular weight is 391 g/mol. The number of nitrogens with zero attached hydrogens (tertiary/aromatic N) is 4. The van der Waals surface area contributed by atoms with Crippen LogP contribution in [-0.4, -0.2) is 33.8 Å². The van der Waals surface area contributed by atoms with E-state index in [9.17, 15) is 0 Å². The largest absolute Gasteiger partial charge is 0.357 e. The summed E-state index contributed by atoms with van der Waals surface area (Å²) in [5, 5.41) is 10.9. The molecule has 2 aromatic carbocycles. The fraction of sp³-hybridized carbons (Fsp3) is 0.348. The smallest absolute Gasteiger partial charge is 0.191 e. The molecule has 1 aromatic heterocycles. The summed E-state index contributed by atoms with van der Waals surface area (Å²) < 4.78 is 1.82. The topological polar surface area (TPSA) is 67.1 Å². The summed E-state index contributed by atoms with van der Waals surface area (Å²) in [6.45, 7) is 7.44. The van der Waals surface area contributed by atoms with Crippen LogP contribution in [0.4, 0.5) is 0 Å². The first kappa shape index (κ1) is 20.6. The van der Waals surface area contributed by atoms with Gasteiger partial charge in [0.15, 0.2) is 5.96 Å². The van der Waals surface area contributed by atoms with E-state index in [1.54, 1.807) is 12.7 Å². The van der Waals surface area contributed by atoms with Crippen LogP contribution in [0, 0.1) is 0 Å². The molecule has 0 aliphatic heterocycles. The third-order valence-corrected chi connectivity index (χ3v) is 4.67. The maximum absolute atomic E-state index is 4.79. The van der Waals surface area contributed by atoms with Gasteiger partial charge in [-0.1, -0.05) is 61.9 Å². The number of rotatable bonds is 9. The van der Waals surface area contributed by atoms with Crippen molar-refractivity contribution in [2.24, 2.45) is 4.99 Å². The molecule has 0 saturated carbocycles. The van der Waals surface area contributed by atoms with Gasteiger partial charge in [0.1, 0.15) is 12.7 Å². The molecule has 0 aliphatic carbocycles. The van der Waals surface area contributed by atoms with Crippen molar-refractivity contribution in [3.05, 3.63) is 72.3 Å². The van der Waals surface area contributed by atoms with Crippen molar-refractivity contribution in [1.29, 1.82) is 0 Å². The third-order valence-electron chi connectivity index (χ3n) is 4.67. The number of aliphatic imine (C=N–C) groups is 1. The zero-order valence-corrected chi connectivity index (χ0v) is 17.3. The predicted octanol–water partition coefficient (Wildman–Crippen LogP) is 3.85. The second-order valence-corrected chi connectivity index (χ2v) is 6.92. The summed E-state index contributed by atoms with van der Waals surface area (Å²) >= 11 is 0. The maximum Gasteiger partial charge on any atom is 0.191 e. The molecule has 6 heteroatoms. The van der Waals surface area contributed by atoms with E-state index in [2.05, 4.69) is 83.1 Å². The maximum atomic E-state index is 4.79. The van der Waals surface area contributed by atoms with Crippen molar-refractivity contribution in [2.45, 2.75) is 39.8 Å². The Hall–Kier alpha value is -3.15. The predicted molar refractivity (Wildman–Crippen MR) is 119 cm³/mol. The van der Waals surface area contributed by atoms with Crippen molar-refractivity contribution in [3.63, 3.8) is 0 Å². The summed E-state index contributed by atoms with van der Waals surface area (Å²) in [5.41, 5.74) is 4.82. The van der Waals surface area contributed by atoms with E-state index in [1.165, 1.54) is 28.7 Å². The molecule has 0 fully saturated rings. The van der Waals surface area contributed by atoms with Gasteiger partial charge >= 0.3 is 0 Å². The Morgan fingerprint density at radius 2 is 1.86 bits per heavy atom. The van der Waals surface area contributed by atoms with Gasteiger partial charge in [-0.3, -0.25) is 0 Å². The number of hydrogen-bond acceptors (Lipinski definition) is 3. The van der Waals surface area contributed by atoms with Gasteiger partial charge < -0.3 is 10.6 Å². The molecule has 0 atom stereocenters.